The van der Waals surface area contributed by atoms with Crippen LogP contribution in [0.2, 0.25) is 5.21 Å². The molecule has 31 heavy (non-hydrogen) atoms. The number of benzene rings is 2. The number of hydrogen-bond acceptors (Lipinski definition) is 4. The summed E-state index contributed by atoms with van der Waals surface area (Å²) in [6.07, 6.45) is -0.00603. The van der Waals surface area contributed by atoms with Crippen LogP contribution in [-0.4, -0.2) is 47.0 Å². The van der Waals surface area contributed by atoms with Gasteiger partial charge >= 0.3 is 185 Å². The van der Waals surface area contributed by atoms with E-state index in [0.29, 0.717) is 27.4 Å². The first-order chi connectivity index (χ1) is 14.6. The molecule has 0 fully saturated rings. The van der Waals surface area contributed by atoms with Crippen molar-refractivity contribution in [3.05, 3.63) is 64.6 Å². The molecule has 1 unspecified atom stereocenters. The van der Waals surface area contributed by atoms with Crippen molar-refractivity contribution < 1.29 is 29.0 Å². The average Bonchev–Trinajstić information content (AvgIpc) is 2.97. The second-order valence-electron chi connectivity index (χ2n) is 7.54. The summed E-state index contributed by atoms with van der Waals surface area (Å²) in [5.41, 5.74) is 2.71. The molecule has 0 bridgehead atoms. The third kappa shape index (κ3) is 4.72. The van der Waals surface area contributed by atoms with Crippen LogP contribution in [-0.2, 0) is 16.0 Å². The van der Waals surface area contributed by atoms with Gasteiger partial charge in [-0.25, -0.2) is 0 Å². The number of carbonyl (C=O) groups is 3. The number of aromatic hydroxyl groups is 1. The van der Waals surface area contributed by atoms with E-state index in [9.17, 15) is 23.9 Å². The van der Waals surface area contributed by atoms with Crippen molar-refractivity contribution in [3.8, 4) is 5.75 Å². The Morgan fingerprint density at radius 2 is 1.77 bits per heavy atom. The Morgan fingerprint density at radius 1 is 1.13 bits per heavy atom. The molecule has 161 valence electrons. The standard InChI is InChI=1S/C23H22AsFNO5/c1-12-4-6-15(7-5-12)22(29)26-14(3)16(9-21(28)24-11-13(2)23(30)31)17-8-20(27)18(25)10-19(17)26/h4-8,10,13,27H,9,11H2,1-3H3,(H,30,31). The molecule has 1 aromatic heterocycles. The number of carboxylic acids is 1. The van der Waals surface area contributed by atoms with E-state index in [1.165, 1.54) is 10.6 Å². The molecule has 3 rings (SSSR count). The van der Waals surface area contributed by atoms with E-state index >= 15 is 0 Å². The number of aryl methyl sites for hydroxylation is 1. The van der Waals surface area contributed by atoms with Crippen LogP contribution in [0.3, 0.4) is 0 Å². The van der Waals surface area contributed by atoms with Crippen molar-refractivity contribution in [2.75, 3.05) is 0 Å². The van der Waals surface area contributed by atoms with Crippen LogP contribution >= 0.6 is 0 Å². The number of rotatable bonds is 7. The van der Waals surface area contributed by atoms with Crippen molar-refractivity contribution in [2.45, 2.75) is 32.4 Å². The second-order valence-corrected chi connectivity index (χ2v) is 10.0. The van der Waals surface area contributed by atoms with Gasteiger partial charge in [0, 0.05) is 0 Å². The first kappa shape index (κ1) is 22.8. The Hall–Kier alpha value is -2.92. The molecule has 0 spiro atoms. The summed E-state index contributed by atoms with van der Waals surface area (Å²) >= 11 is -0.865. The maximum atomic E-state index is 14.1. The zero-order valence-electron chi connectivity index (χ0n) is 17.3. The van der Waals surface area contributed by atoms with Gasteiger partial charge in [0.1, 0.15) is 0 Å². The second kappa shape index (κ2) is 9.06. The van der Waals surface area contributed by atoms with Crippen LogP contribution in [0.1, 0.15) is 34.1 Å². The molecule has 0 aliphatic heterocycles. The van der Waals surface area contributed by atoms with E-state index in [2.05, 4.69) is 0 Å². The number of hydrogen-bond donors (Lipinski definition) is 2. The topological polar surface area (TPSA) is 96.6 Å². The number of phenolic OH excluding ortho intramolecular Hbond substituents is 1. The summed E-state index contributed by atoms with van der Waals surface area (Å²) in [7, 11) is 0. The van der Waals surface area contributed by atoms with Crippen molar-refractivity contribution in [2.24, 2.45) is 5.92 Å². The third-order valence-corrected chi connectivity index (χ3v) is 7.80. The van der Waals surface area contributed by atoms with Gasteiger partial charge in [0.25, 0.3) is 0 Å². The number of aliphatic carboxylic acids is 1. The zero-order chi connectivity index (χ0) is 22.9. The van der Waals surface area contributed by atoms with E-state index in [1.807, 2.05) is 6.92 Å². The predicted molar refractivity (Wildman–Crippen MR) is 115 cm³/mol. The van der Waals surface area contributed by atoms with Crippen LogP contribution in [0.4, 0.5) is 4.39 Å². The Kier molecular flexibility index (Phi) is 6.65. The number of phenols is 1. The Morgan fingerprint density at radius 3 is 2.39 bits per heavy atom. The molecule has 2 aromatic carbocycles. The fraction of sp³-hybridized carbons (Fsp3) is 0.261. The minimum atomic E-state index is -0.944. The molecule has 0 aliphatic carbocycles. The number of aromatic nitrogens is 1. The van der Waals surface area contributed by atoms with E-state index in [1.54, 1.807) is 38.1 Å². The molecule has 0 saturated carbocycles. The first-order valence-electron chi connectivity index (χ1n) is 9.67. The molecule has 1 heterocycles. The minimum absolute atomic E-state index is 0.00603. The molecule has 1 atom stereocenters. The normalized spacial score (nSPS) is 12.5. The summed E-state index contributed by atoms with van der Waals surface area (Å²) in [5, 5.41) is 19.6. The summed E-state index contributed by atoms with van der Waals surface area (Å²) in [6, 6.07) is 9.30. The number of halogens is 1. The van der Waals surface area contributed by atoms with Crippen LogP contribution in [0.15, 0.2) is 36.4 Å². The molecule has 8 heteroatoms. The summed E-state index contributed by atoms with van der Waals surface area (Å²) in [4.78, 5) is 36.8. The monoisotopic (exact) mass is 486 g/mol. The fourth-order valence-electron chi connectivity index (χ4n) is 3.32. The maximum absolute atomic E-state index is 14.1. The molecule has 0 saturated heterocycles. The Bertz CT molecular complexity index is 1180. The summed E-state index contributed by atoms with van der Waals surface area (Å²) < 4.78 is 15.4. The quantitative estimate of drug-likeness (QED) is 0.497. The summed E-state index contributed by atoms with van der Waals surface area (Å²) in [6.45, 7) is 5.14. The summed E-state index contributed by atoms with van der Waals surface area (Å²) in [5.74, 6) is -3.33. The molecule has 1 radical (unpaired) electrons. The van der Waals surface area contributed by atoms with Gasteiger partial charge in [-0.05, 0) is 0 Å². The molecular formula is C23H22AsFNO5. The van der Waals surface area contributed by atoms with Crippen molar-refractivity contribution in [1.29, 1.82) is 0 Å². The molecule has 0 amide bonds. The molecule has 0 aliphatic rings. The van der Waals surface area contributed by atoms with Crippen LogP contribution in [0, 0.1) is 25.6 Å². The Labute approximate surface area is 185 Å². The number of nitrogens with zero attached hydrogens (tertiary/aromatic N) is 1. The fourth-order valence-corrected chi connectivity index (χ4v) is 5.22. The predicted octanol–water partition coefficient (Wildman–Crippen LogP) is 3.70. The van der Waals surface area contributed by atoms with E-state index in [-0.39, 0.29) is 22.4 Å². The average molecular weight is 486 g/mol. The van der Waals surface area contributed by atoms with Gasteiger partial charge in [-0.1, -0.05) is 0 Å². The van der Waals surface area contributed by atoms with Crippen molar-refractivity contribution in [1.82, 2.24) is 4.57 Å². The molecule has 3 aromatic rings. The van der Waals surface area contributed by atoms with E-state index in [0.717, 1.165) is 11.6 Å². The SMILES string of the molecule is Cc1ccc(C(=O)n2c(C)c(CC(=O)[As]CC(C)C(=O)O)c3cc(O)c(F)cc32)cc1. The third-order valence-electron chi connectivity index (χ3n) is 5.20. The molecule has 6 nitrogen and oxygen atoms in total. The molecular weight excluding hydrogens is 464 g/mol. The van der Waals surface area contributed by atoms with E-state index < -0.39 is 39.2 Å². The van der Waals surface area contributed by atoms with Crippen molar-refractivity contribution in [3.63, 3.8) is 0 Å². The van der Waals surface area contributed by atoms with Gasteiger partial charge in [0.15, 0.2) is 0 Å². The van der Waals surface area contributed by atoms with Gasteiger partial charge in [-0.15, -0.1) is 0 Å². The Balaban J connectivity index is 2.04. The van der Waals surface area contributed by atoms with Crippen LogP contribution in [0.5, 0.6) is 5.75 Å². The molecule has 2 N–H and O–H groups in total. The number of fused-ring (bicyclic) bond motifs is 1. The number of carboxylic acid groups (broad SMARTS) is 1. The van der Waals surface area contributed by atoms with Gasteiger partial charge in [-0.3, -0.25) is 0 Å². The van der Waals surface area contributed by atoms with E-state index in [4.69, 9.17) is 5.11 Å². The van der Waals surface area contributed by atoms with Gasteiger partial charge < -0.3 is 0 Å². The van der Waals surface area contributed by atoms with Gasteiger partial charge in [0.2, 0.25) is 0 Å². The van der Waals surface area contributed by atoms with Gasteiger partial charge in [-0.2, -0.15) is 0 Å². The van der Waals surface area contributed by atoms with Crippen molar-refractivity contribution >= 4 is 43.1 Å². The van der Waals surface area contributed by atoms with Crippen LogP contribution < -0.4 is 0 Å². The van der Waals surface area contributed by atoms with Gasteiger partial charge in [0.05, 0.1) is 0 Å². The number of carbonyl (C=O) groups excluding carboxylic acids is 2. The zero-order valence-corrected chi connectivity index (χ0v) is 19.2. The van der Waals surface area contributed by atoms with Crippen LogP contribution in [0.25, 0.3) is 10.9 Å². The first-order valence-corrected chi connectivity index (χ1v) is 11.9.